The lowest BCUT2D eigenvalue weighted by Gasteiger charge is -2.21. The van der Waals surface area contributed by atoms with Gasteiger partial charge in [-0.15, -0.1) is 0 Å². The lowest BCUT2D eigenvalue weighted by Crippen LogP contribution is -2.23. The SMILES string of the molecule is CCCCCCCCCCCCCCC[C@@H]1CCCC(=O)O1. The number of hydrogen-bond acceptors (Lipinski definition) is 2. The van der Waals surface area contributed by atoms with Gasteiger partial charge in [0.25, 0.3) is 0 Å². The molecule has 0 spiro atoms. The van der Waals surface area contributed by atoms with E-state index in [9.17, 15) is 4.79 Å². The summed E-state index contributed by atoms with van der Waals surface area (Å²) in [7, 11) is 0. The van der Waals surface area contributed by atoms with Crippen LogP contribution in [-0.4, -0.2) is 12.1 Å². The van der Waals surface area contributed by atoms with Crippen LogP contribution >= 0.6 is 0 Å². The topological polar surface area (TPSA) is 26.3 Å². The molecule has 0 aromatic rings. The number of rotatable bonds is 14. The van der Waals surface area contributed by atoms with E-state index in [1.807, 2.05) is 0 Å². The van der Waals surface area contributed by atoms with Gasteiger partial charge in [0.1, 0.15) is 6.10 Å². The number of cyclic esters (lactones) is 1. The molecule has 0 bridgehead atoms. The van der Waals surface area contributed by atoms with Crippen molar-refractivity contribution < 1.29 is 9.53 Å². The molecule has 1 heterocycles. The molecule has 1 rings (SSSR count). The molecule has 0 amide bonds. The van der Waals surface area contributed by atoms with Crippen LogP contribution in [0.25, 0.3) is 0 Å². The van der Waals surface area contributed by atoms with E-state index in [0.717, 1.165) is 19.3 Å². The van der Waals surface area contributed by atoms with Gasteiger partial charge in [0.2, 0.25) is 0 Å². The molecular formula is C20H38O2. The first kappa shape index (κ1) is 19.5. The van der Waals surface area contributed by atoms with Crippen molar-refractivity contribution in [3.05, 3.63) is 0 Å². The van der Waals surface area contributed by atoms with Gasteiger partial charge in [-0.1, -0.05) is 84.0 Å². The summed E-state index contributed by atoms with van der Waals surface area (Å²) in [5.74, 6) is 0.0194. The zero-order chi connectivity index (χ0) is 15.9. The smallest absolute Gasteiger partial charge is 0.306 e. The Bertz CT molecular complexity index is 262. The number of esters is 1. The molecule has 0 aromatic carbocycles. The highest BCUT2D eigenvalue weighted by molar-refractivity contribution is 5.70. The Kier molecular flexibility index (Phi) is 12.5. The molecule has 130 valence electrons. The molecular weight excluding hydrogens is 272 g/mol. The minimum atomic E-state index is 0.0194. The van der Waals surface area contributed by atoms with Gasteiger partial charge in [0.15, 0.2) is 0 Å². The normalized spacial score (nSPS) is 18.4. The third-order valence-electron chi connectivity index (χ3n) is 4.83. The lowest BCUT2D eigenvalue weighted by atomic mass is 10.0. The number of carbonyl (C=O) groups is 1. The Morgan fingerprint density at radius 2 is 1.32 bits per heavy atom. The Hall–Kier alpha value is -0.530. The Morgan fingerprint density at radius 1 is 0.818 bits per heavy atom. The minimum Gasteiger partial charge on any atom is -0.462 e. The maximum Gasteiger partial charge on any atom is 0.306 e. The van der Waals surface area contributed by atoms with Crippen LogP contribution in [0.1, 0.15) is 116 Å². The van der Waals surface area contributed by atoms with Gasteiger partial charge in [-0.05, 0) is 25.7 Å². The van der Waals surface area contributed by atoms with Crippen molar-refractivity contribution in [1.29, 1.82) is 0 Å². The highest BCUT2D eigenvalue weighted by atomic mass is 16.5. The van der Waals surface area contributed by atoms with Crippen molar-refractivity contribution in [1.82, 2.24) is 0 Å². The van der Waals surface area contributed by atoms with Crippen LogP contribution in [-0.2, 0) is 9.53 Å². The Balaban J connectivity index is 1.74. The summed E-state index contributed by atoms with van der Waals surface area (Å²) in [4.78, 5) is 11.2. The summed E-state index contributed by atoms with van der Waals surface area (Å²) in [6, 6.07) is 0. The van der Waals surface area contributed by atoms with E-state index in [4.69, 9.17) is 4.74 Å². The van der Waals surface area contributed by atoms with Crippen LogP contribution in [0, 0.1) is 0 Å². The van der Waals surface area contributed by atoms with Crippen molar-refractivity contribution in [2.24, 2.45) is 0 Å². The number of ether oxygens (including phenoxy) is 1. The quantitative estimate of drug-likeness (QED) is 0.268. The van der Waals surface area contributed by atoms with Crippen LogP contribution in [0.2, 0.25) is 0 Å². The molecule has 1 atom stereocenters. The van der Waals surface area contributed by atoms with Crippen LogP contribution in [0.4, 0.5) is 0 Å². The number of carbonyl (C=O) groups excluding carboxylic acids is 1. The summed E-state index contributed by atoms with van der Waals surface area (Å²) in [5.41, 5.74) is 0. The van der Waals surface area contributed by atoms with Gasteiger partial charge >= 0.3 is 5.97 Å². The van der Waals surface area contributed by atoms with E-state index in [1.165, 1.54) is 83.5 Å². The zero-order valence-corrected chi connectivity index (χ0v) is 14.9. The van der Waals surface area contributed by atoms with E-state index < -0.39 is 0 Å². The number of hydrogen-bond donors (Lipinski definition) is 0. The molecule has 0 unspecified atom stereocenters. The Morgan fingerprint density at radius 3 is 1.82 bits per heavy atom. The minimum absolute atomic E-state index is 0.0194. The first-order valence-electron chi connectivity index (χ1n) is 10.0. The molecule has 0 aliphatic carbocycles. The molecule has 1 fully saturated rings. The first-order chi connectivity index (χ1) is 10.8. The molecule has 2 nitrogen and oxygen atoms in total. The molecule has 1 aliphatic rings. The fourth-order valence-corrected chi connectivity index (χ4v) is 3.37. The molecule has 1 aliphatic heterocycles. The van der Waals surface area contributed by atoms with Crippen LogP contribution in [0.15, 0.2) is 0 Å². The second-order valence-electron chi connectivity index (χ2n) is 7.04. The van der Waals surface area contributed by atoms with Crippen molar-refractivity contribution in [2.75, 3.05) is 0 Å². The molecule has 0 N–H and O–H groups in total. The third kappa shape index (κ3) is 11.1. The molecule has 22 heavy (non-hydrogen) atoms. The highest BCUT2D eigenvalue weighted by Gasteiger charge is 2.19. The average molecular weight is 311 g/mol. The van der Waals surface area contributed by atoms with Gasteiger partial charge in [0, 0.05) is 6.42 Å². The maximum atomic E-state index is 11.2. The van der Waals surface area contributed by atoms with E-state index in [0.29, 0.717) is 6.42 Å². The van der Waals surface area contributed by atoms with Gasteiger partial charge in [-0.25, -0.2) is 0 Å². The van der Waals surface area contributed by atoms with Gasteiger partial charge < -0.3 is 4.74 Å². The summed E-state index contributed by atoms with van der Waals surface area (Å²) in [5, 5.41) is 0. The first-order valence-corrected chi connectivity index (χ1v) is 10.0. The maximum absolute atomic E-state index is 11.2. The highest BCUT2D eigenvalue weighted by Crippen LogP contribution is 2.20. The summed E-state index contributed by atoms with van der Waals surface area (Å²) in [6.45, 7) is 2.28. The second kappa shape index (κ2) is 14.1. The van der Waals surface area contributed by atoms with Gasteiger partial charge in [0.05, 0.1) is 0 Å². The molecule has 0 saturated carbocycles. The lowest BCUT2D eigenvalue weighted by molar-refractivity contribution is -0.154. The van der Waals surface area contributed by atoms with Crippen LogP contribution in [0.5, 0.6) is 0 Å². The van der Waals surface area contributed by atoms with E-state index in [-0.39, 0.29) is 12.1 Å². The largest absolute Gasteiger partial charge is 0.462 e. The van der Waals surface area contributed by atoms with Crippen molar-refractivity contribution in [3.63, 3.8) is 0 Å². The average Bonchev–Trinajstić information content (AvgIpc) is 2.52. The predicted molar refractivity (Wildman–Crippen MR) is 94.0 cm³/mol. The molecule has 1 saturated heterocycles. The molecule has 2 heteroatoms. The molecule has 0 radical (unpaired) electrons. The fourth-order valence-electron chi connectivity index (χ4n) is 3.37. The Labute approximate surface area is 138 Å². The zero-order valence-electron chi connectivity index (χ0n) is 14.9. The van der Waals surface area contributed by atoms with E-state index in [1.54, 1.807) is 0 Å². The van der Waals surface area contributed by atoms with Gasteiger partial charge in [-0.3, -0.25) is 4.79 Å². The van der Waals surface area contributed by atoms with Gasteiger partial charge in [-0.2, -0.15) is 0 Å². The monoisotopic (exact) mass is 310 g/mol. The van der Waals surface area contributed by atoms with Crippen molar-refractivity contribution >= 4 is 5.97 Å². The van der Waals surface area contributed by atoms with Crippen LogP contribution < -0.4 is 0 Å². The summed E-state index contributed by atoms with van der Waals surface area (Å²) >= 11 is 0. The van der Waals surface area contributed by atoms with Crippen molar-refractivity contribution in [3.8, 4) is 0 Å². The van der Waals surface area contributed by atoms with E-state index >= 15 is 0 Å². The second-order valence-corrected chi connectivity index (χ2v) is 7.04. The van der Waals surface area contributed by atoms with Crippen molar-refractivity contribution in [2.45, 2.75) is 122 Å². The van der Waals surface area contributed by atoms with E-state index in [2.05, 4.69) is 6.92 Å². The third-order valence-corrected chi connectivity index (χ3v) is 4.83. The summed E-state index contributed by atoms with van der Waals surface area (Å²) in [6.07, 6.45) is 22.2. The number of unbranched alkanes of at least 4 members (excludes halogenated alkanes) is 12. The fraction of sp³-hybridized carbons (Fsp3) is 0.950. The predicted octanol–water partition coefficient (Wildman–Crippen LogP) is 6.56. The van der Waals surface area contributed by atoms with Crippen LogP contribution in [0.3, 0.4) is 0 Å². The standard InChI is InChI=1S/C20H38O2/c1-2-3-4-5-6-7-8-9-10-11-12-13-14-16-19-17-15-18-20(21)22-19/h19H,2-18H2,1H3/t19-/m1/s1. The molecule has 0 aromatic heterocycles. The summed E-state index contributed by atoms with van der Waals surface area (Å²) < 4.78 is 5.35.